The molecule has 1 aliphatic rings. The monoisotopic (exact) mass is 429 g/mol. The molecule has 2 aromatic heterocycles. The fourth-order valence-corrected chi connectivity index (χ4v) is 5.62. The smallest absolute Gasteiger partial charge is 0.264 e. The molecule has 8 heteroatoms. The van der Waals surface area contributed by atoms with Crippen LogP contribution in [0, 0.1) is 0 Å². The van der Waals surface area contributed by atoms with Crippen LogP contribution in [0.15, 0.2) is 59.2 Å². The lowest BCUT2D eigenvalue weighted by Gasteiger charge is -2.21. The van der Waals surface area contributed by atoms with Crippen molar-refractivity contribution in [2.45, 2.75) is 43.3 Å². The molecule has 3 aromatic rings. The molecule has 0 N–H and O–H groups in total. The minimum atomic E-state index is -3.58. The third kappa shape index (κ3) is 4.28. The van der Waals surface area contributed by atoms with Crippen LogP contribution in [0.25, 0.3) is 0 Å². The molecule has 0 unspecified atom stereocenters. The quantitative estimate of drug-likeness (QED) is 0.544. The highest BCUT2D eigenvalue weighted by Gasteiger charge is 2.34. The lowest BCUT2D eigenvalue weighted by Crippen LogP contribution is -2.30. The predicted molar refractivity (Wildman–Crippen MR) is 113 cm³/mol. The molecule has 152 valence electrons. The maximum Gasteiger partial charge on any atom is 0.264 e. The van der Waals surface area contributed by atoms with Crippen LogP contribution in [0.1, 0.15) is 46.7 Å². The van der Waals surface area contributed by atoms with Crippen molar-refractivity contribution < 1.29 is 13.2 Å². The molecular formula is C21H23N3O3S2. The minimum absolute atomic E-state index is 0.0419. The van der Waals surface area contributed by atoms with E-state index in [0.717, 1.165) is 24.1 Å². The van der Waals surface area contributed by atoms with Crippen LogP contribution in [-0.4, -0.2) is 35.3 Å². The van der Waals surface area contributed by atoms with Gasteiger partial charge in [-0.3, -0.25) is 4.79 Å². The first-order chi connectivity index (χ1) is 14.0. The first-order valence-electron chi connectivity index (χ1n) is 9.65. The van der Waals surface area contributed by atoms with Crippen molar-refractivity contribution in [3.05, 3.63) is 70.2 Å². The molecule has 2 heterocycles. The molecule has 1 aromatic carbocycles. The van der Waals surface area contributed by atoms with Crippen molar-refractivity contribution in [1.82, 2.24) is 14.5 Å². The molecule has 29 heavy (non-hydrogen) atoms. The zero-order valence-corrected chi connectivity index (χ0v) is 17.8. The second-order valence-corrected chi connectivity index (χ2v) is 10.0. The summed E-state index contributed by atoms with van der Waals surface area (Å²) in [5, 5.41) is 1.99. The van der Waals surface area contributed by atoms with Crippen LogP contribution in [0.5, 0.6) is 0 Å². The lowest BCUT2D eigenvalue weighted by atomic mass is 10.2. The second kappa shape index (κ2) is 8.12. The molecule has 0 saturated heterocycles. The van der Waals surface area contributed by atoms with E-state index in [1.807, 2.05) is 47.2 Å². The first kappa shape index (κ1) is 19.8. The fraction of sp³-hybridized carbons (Fsp3) is 0.333. The predicted octanol–water partition coefficient (Wildman–Crippen LogP) is 3.92. The van der Waals surface area contributed by atoms with Crippen LogP contribution in [0.2, 0.25) is 0 Å². The van der Waals surface area contributed by atoms with Gasteiger partial charge in [0, 0.05) is 12.6 Å². The van der Waals surface area contributed by atoms with Gasteiger partial charge in [0.2, 0.25) is 15.0 Å². The number of nitrogens with zero attached hydrogens (tertiary/aromatic N) is 3. The topological polar surface area (TPSA) is 72.3 Å². The summed E-state index contributed by atoms with van der Waals surface area (Å²) in [5.74, 6) is -0.123. The van der Waals surface area contributed by atoms with Gasteiger partial charge in [-0.15, -0.1) is 11.3 Å². The lowest BCUT2D eigenvalue weighted by molar-refractivity contribution is 0.0753. The van der Waals surface area contributed by atoms with Gasteiger partial charge in [-0.25, -0.2) is 13.4 Å². The van der Waals surface area contributed by atoms with E-state index in [1.165, 1.54) is 11.3 Å². The van der Waals surface area contributed by atoms with Gasteiger partial charge in [0.25, 0.3) is 5.91 Å². The summed E-state index contributed by atoms with van der Waals surface area (Å²) in [6.45, 7) is 2.81. The van der Waals surface area contributed by atoms with Gasteiger partial charge in [0.05, 0.1) is 29.1 Å². The van der Waals surface area contributed by atoms with E-state index in [-0.39, 0.29) is 22.9 Å². The summed E-state index contributed by atoms with van der Waals surface area (Å²) in [5.41, 5.74) is 1.51. The number of rotatable bonds is 8. The fourth-order valence-electron chi connectivity index (χ4n) is 3.38. The van der Waals surface area contributed by atoms with Crippen LogP contribution in [-0.2, 0) is 22.1 Å². The summed E-state index contributed by atoms with van der Waals surface area (Å²) in [7, 11) is -3.58. The summed E-state index contributed by atoms with van der Waals surface area (Å²) in [6, 6.07) is 12.9. The van der Waals surface area contributed by atoms with Gasteiger partial charge >= 0.3 is 0 Å². The van der Waals surface area contributed by atoms with Gasteiger partial charge in [-0.05, 0) is 36.8 Å². The molecule has 0 radical (unpaired) electrons. The number of benzene rings is 1. The maximum atomic E-state index is 13.1. The molecule has 1 amide bonds. The first-order valence-corrected chi connectivity index (χ1v) is 12.2. The number of sulfone groups is 1. The molecule has 4 rings (SSSR count). The molecule has 1 aliphatic carbocycles. The van der Waals surface area contributed by atoms with Crippen molar-refractivity contribution in [1.29, 1.82) is 0 Å². The van der Waals surface area contributed by atoms with Gasteiger partial charge in [0.1, 0.15) is 0 Å². The van der Waals surface area contributed by atoms with E-state index in [2.05, 4.69) is 4.98 Å². The molecule has 0 spiro atoms. The molecule has 0 atom stereocenters. The summed E-state index contributed by atoms with van der Waals surface area (Å²) in [6.07, 6.45) is 3.48. The molecule has 0 aliphatic heterocycles. The third-order valence-electron chi connectivity index (χ3n) is 4.98. The Kier molecular flexibility index (Phi) is 5.56. The minimum Gasteiger partial charge on any atom is -0.332 e. The molecule has 1 saturated carbocycles. The Bertz CT molecular complexity index is 1090. The van der Waals surface area contributed by atoms with E-state index in [1.54, 1.807) is 23.2 Å². The highest BCUT2D eigenvalue weighted by molar-refractivity contribution is 7.90. The molecule has 1 fully saturated rings. The highest BCUT2D eigenvalue weighted by Crippen LogP contribution is 2.39. The Hall–Kier alpha value is -2.45. The molecule has 6 nitrogen and oxygen atoms in total. The SMILES string of the molecule is CCN(Cc1cnc(S(=O)(=O)Cc2ccccc2)n1C1CC1)C(=O)c1cccs1. The Balaban J connectivity index is 1.62. The van der Waals surface area contributed by atoms with E-state index >= 15 is 0 Å². The molecule has 0 bridgehead atoms. The Morgan fingerprint density at radius 3 is 2.59 bits per heavy atom. The van der Waals surface area contributed by atoms with Crippen LogP contribution in [0.4, 0.5) is 0 Å². The van der Waals surface area contributed by atoms with Crippen molar-refractivity contribution in [2.75, 3.05) is 6.54 Å². The maximum absolute atomic E-state index is 13.1. The van der Waals surface area contributed by atoms with Gasteiger partial charge in [-0.1, -0.05) is 36.4 Å². The number of carbonyl (C=O) groups excluding carboxylic acids is 1. The van der Waals surface area contributed by atoms with Crippen LogP contribution < -0.4 is 0 Å². The highest BCUT2D eigenvalue weighted by atomic mass is 32.2. The van der Waals surface area contributed by atoms with E-state index in [9.17, 15) is 13.2 Å². The number of imidazole rings is 1. The van der Waals surface area contributed by atoms with Gasteiger partial charge in [-0.2, -0.15) is 0 Å². The standard InChI is InChI=1S/C21H23N3O3S2/c1-2-23(20(25)19-9-6-12-28-19)14-18-13-22-21(24(18)17-10-11-17)29(26,27)15-16-7-4-3-5-8-16/h3-9,12-13,17H,2,10-11,14-15H2,1H3. The zero-order chi connectivity index (χ0) is 20.4. The number of hydrogen-bond donors (Lipinski definition) is 0. The largest absolute Gasteiger partial charge is 0.332 e. The summed E-state index contributed by atoms with van der Waals surface area (Å²) < 4.78 is 28.0. The summed E-state index contributed by atoms with van der Waals surface area (Å²) >= 11 is 1.41. The van der Waals surface area contributed by atoms with Crippen molar-refractivity contribution >= 4 is 27.1 Å². The third-order valence-corrected chi connectivity index (χ3v) is 7.41. The van der Waals surface area contributed by atoms with E-state index in [4.69, 9.17) is 0 Å². The Morgan fingerprint density at radius 1 is 1.21 bits per heavy atom. The van der Waals surface area contributed by atoms with Crippen LogP contribution >= 0.6 is 11.3 Å². The number of amides is 1. The van der Waals surface area contributed by atoms with E-state index < -0.39 is 9.84 Å². The van der Waals surface area contributed by atoms with E-state index in [0.29, 0.717) is 18.0 Å². The summed E-state index contributed by atoms with van der Waals surface area (Å²) in [4.78, 5) is 19.5. The molecular weight excluding hydrogens is 406 g/mol. The second-order valence-electron chi connectivity index (χ2n) is 7.17. The number of hydrogen-bond acceptors (Lipinski definition) is 5. The normalized spacial score (nSPS) is 14.1. The zero-order valence-electron chi connectivity index (χ0n) is 16.2. The Labute approximate surface area is 174 Å². The van der Waals surface area contributed by atoms with Gasteiger partial charge < -0.3 is 9.47 Å². The average Bonchev–Trinajstić information content (AvgIpc) is 3.22. The number of carbonyl (C=O) groups is 1. The van der Waals surface area contributed by atoms with Crippen molar-refractivity contribution in [3.63, 3.8) is 0 Å². The number of thiophene rings is 1. The van der Waals surface area contributed by atoms with Crippen molar-refractivity contribution in [2.24, 2.45) is 0 Å². The van der Waals surface area contributed by atoms with Crippen molar-refractivity contribution in [3.8, 4) is 0 Å². The van der Waals surface area contributed by atoms with Gasteiger partial charge in [0.15, 0.2) is 0 Å². The number of aromatic nitrogens is 2. The van der Waals surface area contributed by atoms with Crippen LogP contribution in [0.3, 0.4) is 0 Å². The average molecular weight is 430 g/mol. The Morgan fingerprint density at radius 2 is 1.97 bits per heavy atom.